The van der Waals surface area contributed by atoms with Crippen LogP contribution < -0.4 is 9.80 Å². The van der Waals surface area contributed by atoms with Gasteiger partial charge in [0.05, 0.1) is 4.90 Å². The molecule has 1 aromatic carbocycles. The molecule has 0 spiro atoms. The molecule has 0 amide bonds. The Balaban J connectivity index is 1.48. The fourth-order valence-corrected chi connectivity index (χ4v) is 5.31. The van der Waals surface area contributed by atoms with Crippen molar-refractivity contribution in [2.24, 2.45) is 0 Å². The number of rotatable bonds is 4. The third kappa shape index (κ3) is 4.24. The highest BCUT2D eigenvalue weighted by Crippen LogP contribution is 2.24. The van der Waals surface area contributed by atoms with Crippen LogP contribution in [-0.4, -0.2) is 62.0 Å². The van der Waals surface area contributed by atoms with Crippen molar-refractivity contribution in [1.29, 1.82) is 0 Å². The van der Waals surface area contributed by atoms with E-state index in [0.717, 1.165) is 61.6 Å². The molecule has 2 fully saturated rings. The largest absolute Gasteiger partial charge is 0.354 e. The number of piperazine rings is 1. The average Bonchev–Trinajstić information content (AvgIpc) is 2.76. The van der Waals surface area contributed by atoms with E-state index in [1.54, 1.807) is 0 Å². The Morgan fingerprint density at radius 3 is 2.20 bits per heavy atom. The molecule has 2 aromatic rings. The van der Waals surface area contributed by atoms with Crippen LogP contribution in [0.2, 0.25) is 0 Å². The predicted molar refractivity (Wildman–Crippen MR) is 110 cm³/mol. The number of anilines is 2. The van der Waals surface area contributed by atoms with Gasteiger partial charge < -0.3 is 9.80 Å². The van der Waals surface area contributed by atoms with Gasteiger partial charge in [-0.05, 0) is 44.4 Å². The van der Waals surface area contributed by atoms with Crippen molar-refractivity contribution in [2.45, 2.75) is 31.1 Å². The molecular weight excluding hydrogens is 412 g/mol. The van der Waals surface area contributed by atoms with Gasteiger partial charge in [-0.2, -0.15) is 9.29 Å². The van der Waals surface area contributed by atoms with Crippen LogP contribution in [0.25, 0.3) is 0 Å². The summed E-state index contributed by atoms with van der Waals surface area (Å²) in [5, 5.41) is 0. The van der Waals surface area contributed by atoms with Gasteiger partial charge in [0.1, 0.15) is 5.82 Å². The second kappa shape index (κ2) is 8.43. The van der Waals surface area contributed by atoms with E-state index in [9.17, 15) is 17.2 Å². The minimum atomic E-state index is -3.88. The zero-order valence-electron chi connectivity index (χ0n) is 16.9. The van der Waals surface area contributed by atoms with E-state index in [-0.39, 0.29) is 18.0 Å². The van der Waals surface area contributed by atoms with Crippen LogP contribution in [0.5, 0.6) is 0 Å². The summed E-state index contributed by atoms with van der Waals surface area (Å²) in [5.74, 6) is -0.728. The number of piperidine rings is 1. The summed E-state index contributed by atoms with van der Waals surface area (Å²) in [6.45, 7) is 5.22. The Bertz CT molecular complexity index is 1020. The van der Waals surface area contributed by atoms with Crippen LogP contribution in [0.15, 0.2) is 29.2 Å². The summed E-state index contributed by atoms with van der Waals surface area (Å²) in [6.07, 6.45) is 3.49. The quantitative estimate of drug-likeness (QED) is 0.732. The van der Waals surface area contributed by atoms with E-state index in [1.165, 1.54) is 10.7 Å². The Morgan fingerprint density at radius 1 is 0.833 bits per heavy atom. The van der Waals surface area contributed by atoms with Gasteiger partial charge >= 0.3 is 0 Å². The minimum Gasteiger partial charge on any atom is -0.354 e. The summed E-state index contributed by atoms with van der Waals surface area (Å²) >= 11 is 0. The summed E-state index contributed by atoms with van der Waals surface area (Å²) in [4.78, 5) is 13.3. The van der Waals surface area contributed by atoms with E-state index in [2.05, 4.69) is 9.88 Å². The van der Waals surface area contributed by atoms with Gasteiger partial charge in [0.2, 0.25) is 16.0 Å². The lowest BCUT2D eigenvalue weighted by atomic mass is 10.1. The fraction of sp³-hybridized carbons (Fsp3) is 0.500. The number of aromatic nitrogens is 2. The van der Waals surface area contributed by atoms with E-state index < -0.39 is 21.7 Å². The van der Waals surface area contributed by atoms with Gasteiger partial charge in [0.25, 0.3) is 0 Å². The Kier molecular flexibility index (Phi) is 5.88. The smallest absolute Gasteiger partial charge is 0.243 e. The first-order chi connectivity index (χ1) is 14.3. The fourth-order valence-electron chi connectivity index (χ4n) is 3.88. The second-order valence-electron chi connectivity index (χ2n) is 7.68. The molecule has 30 heavy (non-hydrogen) atoms. The lowest BCUT2D eigenvalue weighted by Crippen LogP contribution is -2.49. The van der Waals surface area contributed by atoms with Gasteiger partial charge in [-0.3, -0.25) is 0 Å². The van der Waals surface area contributed by atoms with Crippen LogP contribution in [0.1, 0.15) is 25.0 Å². The number of sulfonamides is 1. The molecule has 7 nitrogen and oxygen atoms in total. The molecule has 10 heteroatoms. The van der Waals surface area contributed by atoms with Crippen molar-refractivity contribution in [3.05, 3.63) is 41.6 Å². The van der Waals surface area contributed by atoms with E-state index in [1.807, 2.05) is 17.9 Å². The highest BCUT2D eigenvalue weighted by Gasteiger charge is 2.30. The lowest BCUT2D eigenvalue weighted by Gasteiger charge is -2.35. The number of hydrogen-bond donors (Lipinski definition) is 0. The van der Waals surface area contributed by atoms with Gasteiger partial charge in [0, 0.05) is 51.0 Å². The van der Waals surface area contributed by atoms with E-state index in [0.29, 0.717) is 13.1 Å². The molecule has 0 bridgehead atoms. The monoisotopic (exact) mass is 437 g/mol. The molecule has 4 rings (SSSR count). The molecule has 0 radical (unpaired) electrons. The first-order valence-electron chi connectivity index (χ1n) is 10.2. The minimum absolute atomic E-state index is 0.236. The van der Waals surface area contributed by atoms with Crippen molar-refractivity contribution in [3.63, 3.8) is 0 Å². The van der Waals surface area contributed by atoms with E-state index in [4.69, 9.17) is 4.98 Å². The van der Waals surface area contributed by atoms with Crippen LogP contribution in [0.3, 0.4) is 0 Å². The van der Waals surface area contributed by atoms with Gasteiger partial charge in [0.15, 0.2) is 11.6 Å². The summed E-state index contributed by atoms with van der Waals surface area (Å²) in [5.41, 5.74) is 0.873. The van der Waals surface area contributed by atoms with Crippen molar-refractivity contribution < 1.29 is 17.2 Å². The Hall–Kier alpha value is -2.33. The molecular formula is C20H25F2N5O2S. The Morgan fingerprint density at radius 2 is 1.53 bits per heavy atom. The van der Waals surface area contributed by atoms with Crippen LogP contribution >= 0.6 is 0 Å². The Labute approximate surface area is 175 Å². The van der Waals surface area contributed by atoms with Crippen molar-refractivity contribution in [2.75, 3.05) is 49.1 Å². The topological polar surface area (TPSA) is 69.6 Å². The standard InChI is InChI=1S/C20H25F2N5O2S/c1-15-13-19(24-20(23-15)26-7-3-2-4-8-26)25-9-11-27(12-10-25)30(28,29)16-5-6-17(21)18(22)14-16/h5-6,13-14H,2-4,7-12H2,1H3. The summed E-state index contributed by atoms with van der Waals surface area (Å²) in [7, 11) is -3.88. The van der Waals surface area contributed by atoms with Crippen molar-refractivity contribution in [1.82, 2.24) is 14.3 Å². The van der Waals surface area contributed by atoms with Crippen LogP contribution in [-0.2, 0) is 10.0 Å². The number of hydrogen-bond acceptors (Lipinski definition) is 6. The highest BCUT2D eigenvalue weighted by molar-refractivity contribution is 7.89. The van der Waals surface area contributed by atoms with Crippen LogP contribution in [0.4, 0.5) is 20.5 Å². The summed E-state index contributed by atoms with van der Waals surface area (Å²) < 4.78 is 53.6. The zero-order valence-corrected chi connectivity index (χ0v) is 17.7. The SMILES string of the molecule is Cc1cc(N2CCN(S(=O)(=O)c3ccc(F)c(F)c3)CC2)nc(N2CCCCC2)n1. The second-order valence-corrected chi connectivity index (χ2v) is 9.62. The predicted octanol–water partition coefficient (Wildman–Crippen LogP) is 2.56. The lowest BCUT2D eigenvalue weighted by molar-refractivity contribution is 0.383. The molecule has 0 unspecified atom stereocenters. The molecule has 0 aliphatic carbocycles. The van der Waals surface area contributed by atoms with Crippen molar-refractivity contribution >= 4 is 21.8 Å². The van der Waals surface area contributed by atoms with Gasteiger partial charge in [-0.25, -0.2) is 22.2 Å². The normalized spacial score (nSPS) is 18.6. The number of nitrogens with zero attached hydrogens (tertiary/aromatic N) is 5. The van der Waals surface area contributed by atoms with E-state index >= 15 is 0 Å². The summed E-state index contributed by atoms with van der Waals surface area (Å²) in [6, 6.07) is 4.58. The van der Waals surface area contributed by atoms with Gasteiger partial charge in [-0.15, -0.1) is 0 Å². The number of benzene rings is 1. The molecule has 1 aromatic heterocycles. The number of halogens is 2. The third-order valence-electron chi connectivity index (χ3n) is 5.56. The maximum absolute atomic E-state index is 13.5. The zero-order chi connectivity index (χ0) is 21.3. The third-order valence-corrected chi connectivity index (χ3v) is 7.45. The molecule has 2 saturated heterocycles. The number of aryl methyl sites for hydroxylation is 1. The molecule has 0 N–H and O–H groups in total. The first kappa shape index (κ1) is 20.9. The molecule has 2 aliphatic heterocycles. The molecule has 2 aliphatic rings. The molecule has 0 atom stereocenters. The maximum atomic E-state index is 13.5. The van der Waals surface area contributed by atoms with Crippen LogP contribution in [0, 0.1) is 18.6 Å². The molecule has 3 heterocycles. The van der Waals surface area contributed by atoms with Gasteiger partial charge in [-0.1, -0.05) is 0 Å². The van der Waals surface area contributed by atoms with Crippen molar-refractivity contribution in [3.8, 4) is 0 Å². The maximum Gasteiger partial charge on any atom is 0.243 e. The highest BCUT2D eigenvalue weighted by atomic mass is 32.2. The molecule has 0 saturated carbocycles. The molecule has 162 valence electrons. The average molecular weight is 438 g/mol. The first-order valence-corrected chi connectivity index (χ1v) is 11.6.